The Morgan fingerprint density at radius 2 is 1.93 bits per heavy atom. The first kappa shape index (κ1) is 12.9. The van der Waals surface area contributed by atoms with Crippen molar-refractivity contribution >= 4 is 11.9 Å². The molecule has 82 valence electrons. The molecule has 4 nitrogen and oxygen atoms in total. The molecule has 0 spiro atoms. The van der Waals surface area contributed by atoms with Crippen LogP contribution < -0.4 is 5.32 Å². The van der Waals surface area contributed by atoms with E-state index in [1.165, 1.54) is 0 Å². The highest BCUT2D eigenvalue weighted by Crippen LogP contribution is 2.23. The monoisotopic (exact) mass is 201 g/mol. The highest BCUT2D eigenvalue weighted by Gasteiger charge is 2.19. The number of hydrogen-bond acceptors (Lipinski definition) is 2. The fraction of sp³-hybridized carbons (Fsp3) is 0.800. The van der Waals surface area contributed by atoms with Crippen molar-refractivity contribution in [3.8, 4) is 0 Å². The quantitative estimate of drug-likeness (QED) is 0.682. The summed E-state index contributed by atoms with van der Waals surface area (Å²) >= 11 is 0. The maximum Gasteiger partial charge on any atom is 0.305 e. The van der Waals surface area contributed by atoms with Crippen LogP contribution in [0, 0.1) is 5.41 Å². The summed E-state index contributed by atoms with van der Waals surface area (Å²) in [6.45, 7) is 6.28. The van der Waals surface area contributed by atoms with Crippen molar-refractivity contribution in [1.29, 1.82) is 0 Å². The van der Waals surface area contributed by atoms with Gasteiger partial charge < -0.3 is 10.4 Å². The first-order valence-electron chi connectivity index (χ1n) is 4.86. The molecule has 0 aliphatic carbocycles. The lowest BCUT2D eigenvalue weighted by Gasteiger charge is -2.21. The van der Waals surface area contributed by atoms with Crippen LogP contribution in [-0.2, 0) is 9.59 Å². The van der Waals surface area contributed by atoms with Gasteiger partial charge in [-0.2, -0.15) is 0 Å². The van der Waals surface area contributed by atoms with Gasteiger partial charge in [-0.3, -0.25) is 9.59 Å². The van der Waals surface area contributed by atoms with Crippen molar-refractivity contribution in [2.75, 3.05) is 6.54 Å². The van der Waals surface area contributed by atoms with E-state index in [9.17, 15) is 9.59 Å². The van der Waals surface area contributed by atoms with Crippen LogP contribution in [0.25, 0.3) is 0 Å². The number of nitrogens with one attached hydrogen (secondary N) is 1. The minimum atomic E-state index is -0.889. The van der Waals surface area contributed by atoms with Gasteiger partial charge >= 0.3 is 5.97 Å². The number of hydrogen-bond donors (Lipinski definition) is 2. The van der Waals surface area contributed by atoms with Crippen LogP contribution in [0.5, 0.6) is 0 Å². The summed E-state index contributed by atoms with van der Waals surface area (Å²) in [5, 5.41) is 10.9. The van der Waals surface area contributed by atoms with Crippen LogP contribution in [0.15, 0.2) is 0 Å². The van der Waals surface area contributed by atoms with Crippen molar-refractivity contribution in [1.82, 2.24) is 5.32 Å². The second-order valence-corrected chi connectivity index (χ2v) is 4.19. The number of carboxylic acid groups (broad SMARTS) is 1. The Morgan fingerprint density at radius 1 is 1.36 bits per heavy atom. The standard InChI is InChI=1S/C10H19NO3/c1-4-10(2,3)7-8(12)11-6-5-9(13)14/h4-7H2,1-3H3,(H,11,12)(H,13,14). The van der Waals surface area contributed by atoms with Gasteiger partial charge in [0.2, 0.25) is 5.91 Å². The lowest BCUT2D eigenvalue weighted by molar-refractivity contribution is -0.136. The van der Waals surface area contributed by atoms with Crippen LogP contribution in [0.2, 0.25) is 0 Å². The third-order valence-electron chi connectivity index (χ3n) is 2.26. The van der Waals surface area contributed by atoms with E-state index in [-0.39, 0.29) is 24.3 Å². The zero-order chi connectivity index (χ0) is 11.2. The normalized spacial score (nSPS) is 11.1. The summed E-state index contributed by atoms with van der Waals surface area (Å²) in [4.78, 5) is 21.5. The van der Waals surface area contributed by atoms with Crippen molar-refractivity contribution in [3.05, 3.63) is 0 Å². The lowest BCUT2D eigenvalue weighted by Crippen LogP contribution is -2.30. The molecule has 0 aromatic carbocycles. The molecule has 0 fully saturated rings. The molecule has 0 unspecified atom stereocenters. The molecule has 0 aromatic rings. The number of rotatable bonds is 6. The summed E-state index contributed by atoms with van der Waals surface area (Å²) in [5.41, 5.74) is -0.00664. The first-order chi connectivity index (χ1) is 6.37. The van der Waals surface area contributed by atoms with Gasteiger partial charge in [-0.15, -0.1) is 0 Å². The molecule has 2 N–H and O–H groups in total. The molecular weight excluding hydrogens is 182 g/mol. The van der Waals surface area contributed by atoms with Gasteiger partial charge in [0, 0.05) is 13.0 Å². The molecule has 0 aliphatic rings. The first-order valence-corrected chi connectivity index (χ1v) is 4.86. The van der Waals surface area contributed by atoms with Gasteiger partial charge in [0.1, 0.15) is 0 Å². The summed E-state index contributed by atoms with van der Waals surface area (Å²) in [6.07, 6.45) is 1.36. The zero-order valence-corrected chi connectivity index (χ0v) is 9.09. The second kappa shape index (κ2) is 5.62. The van der Waals surface area contributed by atoms with Crippen molar-refractivity contribution in [2.24, 2.45) is 5.41 Å². The number of carbonyl (C=O) groups is 2. The Bertz CT molecular complexity index is 211. The predicted molar refractivity (Wildman–Crippen MR) is 54.0 cm³/mol. The molecule has 0 aromatic heterocycles. The molecule has 14 heavy (non-hydrogen) atoms. The fourth-order valence-electron chi connectivity index (χ4n) is 0.931. The number of carboxylic acids is 1. The van der Waals surface area contributed by atoms with Gasteiger partial charge in [-0.05, 0) is 5.41 Å². The number of aliphatic carboxylic acids is 1. The minimum absolute atomic E-state index is 0.00664. The van der Waals surface area contributed by atoms with Crippen LogP contribution in [0.4, 0.5) is 0 Å². The molecule has 0 radical (unpaired) electrons. The summed E-state index contributed by atoms with van der Waals surface area (Å²) < 4.78 is 0. The maximum absolute atomic E-state index is 11.3. The highest BCUT2D eigenvalue weighted by atomic mass is 16.4. The smallest absolute Gasteiger partial charge is 0.305 e. The Kier molecular flexibility index (Phi) is 5.20. The summed E-state index contributed by atoms with van der Waals surface area (Å²) in [5.74, 6) is -0.960. The van der Waals surface area contributed by atoms with E-state index in [0.29, 0.717) is 6.42 Å². The Hall–Kier alpha value is -1.06. The van der Waals surface area contributed by atoms with Gasteiger partial charge in [0.05, 0.1) is 6.42 Å². The fourth-order valence-corrected chi connectivity index (χ4v) is 0.931. The van der Waals surface area contributed by atoms with Crippen LogP contribution in [-0.4, -0.2) is 23.5 Å². The Labute approximate surface area is 84.7 Å². The molecule has 0 atom stereocenters. The third-order valence-corrected chi connectivity index (χ3v) is 2.26. The van der Waals surface area contributed by atoms with Gasteiger partial charge in [0.15, 0.2) is 0 Å². The molecule has 4 heteroatoms. The summed E-state index contributed by atoms with van der Waals surface area (Å²) in [6, 6.07) is 0. The molecule has 1 amide bonds. The van der Waals surface area contributed by atoms with Gasteiger partial charge in [-0.25, -0.2) is 0 Å². The molecule has 0 aliphatic heterocycles. The summed E-state index contributed by atoms with van der Waals surface area (Å²) in [7, 11) is 0. The molecule has 0 heterocycles. The molecule has 0 rings (SSSR count). The van der Waals surface area contributed by atoms with Crippen molar-refractivity contribution in [3.63, 3.8) is 0 Å². The average molecular weight is 201 g/mol. The average Bonchev–Trinajstić information content (AvgIpc) is 2.02. The zero-order valence-electron chi connectivity index (χ0n) is 9.09. The van der Waals surface area contributed by atoms with E-state index < -0.39 is 5.97 Å². The van der Waals surface area contributed by atoms with E-state index in [2.05, 4.69) is 5.32 Å². The Balaban J connectivity index is 3.71. The van der Waals surface area contributed by atoms with E-state index in [4.69, 9.17) is 5.11 Å². The van der Waals surface area contributed by atoms with Crippen LogP contribution >= 0.6 is 0 Å². The van der Waals surface area contributed by atoms with Crippen molar-refractivity contribution in [2.45, 2.75) is 40.0 Å². The molecular formula is C10H19NO3. The number of carbonyl (C=O) groups excluding carboxylic acids is 1. The molecule has 0 saturated heterocycles. The van der Waals surface area contributed by atoms with Gasteiger partial charge in [0.25, 0.3) is 0 Å². The lowest BCUT2D eigenvalue weighted by atomic mass is 9.86. The van der Waals surface area contributed by atoms with E-state index >= 15 is 0 Å². The second-order valence-electron chi connectivity index (χ2n) is 4.19. The SMILES string of the molecule is CCC(C)(C)CC(=O)NCCC(=O)O. The highest BCUT2D eigenvalue weighted by molar-refractivity contribution is 5.77. The van der Waals surface area contributed by atoms with Crippen LogP contribution in [0.3, 0.4) is 0 Å². The predicted octanol–water partition coefficient (Wildman–Crippen LogP) is 1.40. The van der Waals surface area contributed by atoms with Gasteiger partial charge in [-0.1, -0.05) is 27.2 Å². The van der Waals surface area contributed by atoms with E-state index in [1.54, 1.807) is 0 Å². The number of amides is 1. The Morgan fingerprint density at radius 3 is 2.36 bits per heavy atom. The largest absolute Gasteiger partial charge is 0.481 e. The van der Waals surface area contributed by atoms with Crippen molar-refractivity contribution < 1.29 is 14.7 Å². The van der Waals surface area contributed by atoms with Crippen LogP contribution in [0.1, 0.15) is 40.0 Å². The minimum Gasteiger partial charge on any atom is -0.481 e. The maximum atomic E-state index is 11.3. The molecule has 0 saturated carbocycles. The molecule has 0 bridgehead atoms. The van der Waals surface area contributed by atoms with E-state index in [0.717, 1.165) is 6.42 Å². The van der Waals surface area contributed by atoms with E-state index in [1.807, 2.05) is 20.8 Å². The topological polar surface area (TPSA) is 66.4 Å². The third kappa shape index (κ3) is 6.46.